The maximum atomic E-state index is 12.2. The molecule has 132 valence electrons. The van der Waals surface area contributed by atoms with Crippen molar-refractivity contribution in [3.63, 3.8) is 0 Å². The molecule has 0 N–H and O–H groups in total. The third-order valence-corrected chi connectivity index (χ3v) is 4.41. The first-order valence-electron chi connectivity index (χ1n) is 8.28. The highest BCUT2D eigenvalue weighted by molar-refractivity contribution is 5.84. The fourth-order valence-electron chi connectivity index (χ4n) is 2.90. The van der Waals surface area contributed by atoms with Crippen molar-refractivity contribution in [1.82, 2.24) is 4.90 Å². The van der Waals surface area contributed by atoms with Crippen molar-refractivity contribution < 1.29 is 19.1 Å². The van der Waals surface area contributed by atoms with Crippen molar-refractivity contribution in [2.45, 2.75) is 38.1 Å². The number of nitrogens with zero attached hydrogens (tertiary/aromatic N) is 2. The second-order valence-electron chi connectivity index (χ2n) is 5.91. The lowest BCUT2D eigenvalue weighted by Gasteiger charge is -2.30. The van der Waals surface area contributed by atoms with Crippen LogP contribution in [0.3, 0.4) is 0 Å². The molecular formula is C18H26N2O4. The first-order valence-corrected chi connectivity index (χ1v) is 8.28. The molecule has 1 aromatic rings. The fourth-order valence-corrected chi connectivity index (χ4v) is 2.90. The molecule has 0 bridgehead atoms. The van der Waals surface area contributed by atoms with Crippen molar-refractivity contribution in [3.05, 3.63) is 23.8 Å². The van der Waals surface area contributed by atoms with Crippen molar-refractivity contribution in [3.8, 4) is 11.5 Å². The highest BCUT2D eigenvalue weighted by Gasteiger charge is 2.22. The second kappa shape index (κ2) is 9.15. The number of carbonyl (C=O) groups is 1. The van der Waals surface area contributed by atoms with Crippen LogP contribution < -0.4 is 9.47 Å². The summed E-state index contributed by atoms with van der Waals surface area (Å²) in [5.74, 6) is 1.32. The van der Waals surface area contributed by atoms with E-state index in [1.54, 1.807) is 37.3 Å². The zero-order valence-corrected chi connectivity index (χ0v) is 14.7. The van der Waals surface area contributed by atoms with Crippen LogP contribution in [0.15, 0.2) is 23.4 Å². The van der Waals surface area contributed by atoms with Gasteiger partial charge in [-0.2, -0.15) is 0 Å². The van der Waals surface area contributed by atoms with Gasteiger partial charge in [0.25, 0.3) is 5.91 Å². The van der Waals surface area contributed by atoms with Gasteiger partial charge in [0.05, 0.1) is 20.4 Å². The minimum Gasteiger partial charge on any atom is -0.497 e. The van der Waals surface area contributed by atoms with Crippen molar-refractivity contribution in [2.75, 3.05) is 27.9 Å². The highest BCUT2D eigenvalue weighted by Crippen LogP contribution is 2.23. The zero-order chi connectivity index (χ0) is 17.4. The van der Waals surface area contributed by atoms with Crippen LogP contribution in [0, 0.1) is 0 Å². The maximum absolute atomic E-state index is 12.2. The van der Waals surface area contributed by atoms with E-state index in [2.05, 4.69) is 5.16 Å². The standard InChI is InChI=1S/C18H26N2O4/c1-20(15-7-5-4-6-8-15)18(21)13-24-19-12-14-11-16(22-2)9-10-17(14)23-3/h9-12,15H,4-8,13H2,1-3H3/b19-12+. The molecule has 0 atom stereocenters. The fraction of sp³-hybridized carbons (Fsp3) is 0.556. The van der Waals surface area contributed by atoms with Gasteiger partial charge in [0, 0.05) is 18.7 Å². The van der Waals surface area contributed by atoms with Crippen LogP contribution in [-0.2, 0) is 9.63 Å². The van der Waals surface area contributed by atoms with Crippen molar-refractivity contribution in [2.24, 2.45) is 5.16 Å². The Bertz CT molecular complexity index is 568. The Kier molecular flexibility index (Phi) is 6.90. The molecule has 1 amide bonds. The summed E-state index contributed by atoms with van der Waals surface area (Å²) < 4.78 is 10.4. The number of methoxy groups -OCH3 is 2. The van der Waals surface area contributed by atoms with Crippen LogP contribution in [0.5, 0.6) is 11.5 Å². The summed E-state index contributed by atoms with van der Waals surface area (Å²) in [5.41, 5.74) is 0.727. The van der Waals surface area contributed by atoms with Gasteiger partial charge in [-0.15, -0.1) is 0 Å². The molecule has 1 saturated carbocycles. The van der Waals surface area contributed by atoms with Gasteiger partial charge in [-0.05, 0) is 31.0 Å². The number of likely N-dealkylation sites (N-methyl/N-ethyl adjacent to an activating group) is 1. The zero-order valence-electron chi connectivity index (χ0n) is 14.7. The Morgan fingerprint density at radius 1 is 1.25 bits per heavy atom. The predicted molar refractivity (Wildman–Crippen MR) is 92.7 cm³/mol. The lowest BCUT2D eigenvalue weighted by Crippen LogP contribution is -2.40. The topological polar surface area (TPSA) is 60.4 Å². The van der Waals surface area contributed by atoms with Crippen LogP contribution in [0.25, 0.3) is 0 Å². The summed E-state index contributed by atoms with van der Waals surface area (Å²) in [6.45, 7) is -0.0597. The number of amides is 1. The number of rotatable bonds is 7. The summed E-state index contributed by atoms with van der Waals surface area (Å²) in [7, 11) is 5.03. The number of carbonyl (C=O) groups excluding carboxylic acids is 1. The number of benzene rings is 1. The summed E-state index contributed by atoms with van der Waals surface area (Å²) in [5, 5.41) is 3.89. The molecule has 24 heavy (non-hydrogen) atoms. The summed E-state index contributed by atoms with van der Waals surface area (Å²) in [6, 6.07) is 5.72. The Hall–Kier alpha value is -2.24. The van der Waals surface area contributed by atoms with Crippen molar-refractivity contribution in [1.29, 1.82) is 0 Å². The average molecular weight is 334 g/mol. The van der Waals surface area contributed by atoms with Gasteiger partial charge in [-0.1, -0.05) is 24.4 Å². The van der Waals surface area contributed by atoms with Gasteiger partial charge in [-0.25, -0.2) is 0 Å². The van der Waals surface area contributed by atoms with E-state index in [0.717, 1.165) is 18.4 Å². The molecule has 2 rings (SSSR count). The summed E-state index contributed by atoms with van der Waals surface area (Å²) in [4.78, 5) is 19.1. The van der Waals surface area contributed by atoms with E-state index in [9.17, 15) is 4.79 Å². The van der Waals surface area contributed by atoms with Gasteiger partial charge in [0.15, 0.2) is 6.61 Å². The maximum Gasteiger partial charge on any atom is 0.263 e. The van der Waals surface area contributed by atoms with Crippen LogP contribution >= 0.6 is 0 Å². The Labute approximate surface area is 143 Å². The molecule has 1 fully saturated rings. The molecule has 1 aromatic carbocycles. The molecule has 0 unspecified atom stereocenters. The second-order valence-corrected chi connectivity index (χ2v) is 5.91. The number of ether oxygens (including phenoxy) is 2. The van der Waals surface area contributed by atoms with E-state index in [1.165, 1.54) is 25.5 Å². The van der Waals surface area contributed by atoms with Crippen LogP contribution in [0.4, 0.5) is 0 Å². The normalized spacial score (nSPS) is 15.3. The molecule has 0 aromatic heterocycles. The molecule has 0 heterocycles. The lowest BCUT2D eigenvalue weighted by molar-refractivity contribution is -0.137. The summed E-state index contributed by atoms with van der Waals surface area (Å²) >= 11 is 0. The van der Waals surface area contributed by atoms with Gasteiger partial charge >= 0.3 is 0 Å². The van der Waals surface area contributed by atoms with Gasteiger partial charge in [0.2, 0.25) is 0 Å². The van der Waals surface area contributed by atoms with Crippen molar-refractivity contribution >= 4 is 12.1 Å². The molecule has 0 saturated heterocycles. The summed E-state index contributed by atoms with van der Waals surface area (Å²) in [6.07, 6.45) is 7.32. The van der Waals surface area contributed by atoms with Crippen LogP contribution in [0.1, 0.15) is 37.7 Å². The largest absolute Gasteiger partial charge is 0.497 e. The molecule has 0 radical (unpaired) electrons. The van der Waals surface area contributed by atoms with E-state index in [0.29, 0.717) is 17.5 Å². The van der Waals surface area contributed by atoms with Gasteiger partial charge < -0.3 is 19.2 Å². The van der Waals surface area contributed by atoms with Gasteiger partial charge in [0.1, 0.15) is 11.5 Å². The van der Waals surface area contributed by atoms with Crippen LogP contribution in [-0.4, -0.2) is 50.9 Å². The SMILES string of the molecule is COc1ccc(OC)c(/C=N/OCC(=O)N(C)C2CCCCC2)c1. The van der Waals surface area contributed by atoms with E-state index >= 15 is 0 Å². The highest BCUT2D eigenvalue weighted by atomic mass is 16.6. The van der Waals surface area contributed by atoms with Crippen LogP contribution in [0.2, 0.25) is 0 Å². The number of oxime groups is 1. The van der Waals surface area contributed by atoms with E-state index in [-0.39, 0.29) is 12.5 Å². The first-order chi connectivity index (χ1) is 11.7. The smallest absolute Gasteiger partial charge is 0.263 e. The van der Waals surface area contributed by atoms with E-state index in [1.807, 2.05) is 7.05 Å². The quantitative estimate of drug-likeness (QED) is 0.568. The molecule has 6 heteroatoms. The Morgan fingerprint density at radius 3 is 2.67 bits per heavy atom. The van der Waals surface area contributed by atoms with Gasteiger partial charge in [-0.3, -0.25) is 4.79 Å². The monoisotopic (exact) mass is 334 g/mol. The molecule has 6 nitrogen and oxygen atoms in total. The predicted octanol–water partition coefficient (Wildman–Crippen LogP) is 2.85. The molecule has 0 spiro atoms. The molecule has 1 aliphatic carbocycles. The Balaban J connectivity index is 1.86. The molecule has 1 aliphatic rings. The average Bonchev–Trinajstić information content (AvgIpc) is 2.64. The number of hydrogen-bond acceptors (Lipinski definition) is 5. The third kappa shape index (κ3) is 4.88. The lowest BCUT2D eigenvalue weighted by atomic mass is 9.94. The third-order valence-electron chi connectivity index (χ3n) is 4.41. The number of hydrogen-bond donors (Lipinski definition) is 0. The minimum absolute atomic E-state index is 0.0448. The first kappa shape index (κ1) is 18.1. The minimum atomic E-state index is -0.0597. The molecular weight excluding hydrogens is 308 g/mol. The Morgan fingerprint density at radius 2 is 2.00 bits per heavy atom. The van der Waals surface area contributed by atoms with E-state index < -0.39 is 0 Å². The molecule has 0 aliphatic heterocycles. The van der Waals surface area contributed by atoms with E-state index in [4.69, 9.17) is 14.3 Å².